The molecule has 1 aromatic carbocycles. The maximum atomic E-state index is 12.4. The van der Waals surface area contributed by atoms with Gasteiger partial charge in [-0.2, -0.15) is 0 Å². The van der Waals surface area contributed by atoms with Crippen LogP contribution in [0.1, 0.15) is 37.3 Å². The second-order valence-corrected chi connectivity index (χ2v) is 5.37. The van der Waals surface area contributed by atoms with Crippen LogP contribution in [0.5, 0.6) is 0 Å². The van der Waals surface area contributed by atoms with Gasteiger partial charge in [-0.1, -0.05) is 30.3 Å². The summed E-state index contributed by atoms with van der Waals surface area (Å²) in [7, 11) is 0. The number of nitrogens with one attached hydrogen (secondary N) is 2. The van der Waals surface area contributed by atoms with E-state index in [-0.39, 0.29) is 18.1 Å². The smallest absolute Gasteiger partial charge is 0.313 e. The highest BCUT2D eigenvalue weighted by molar-refractivity contribution is 5.87. The highest BCUT2D eigenvalue weighted by Gasteiger charge is 2.26. The number of benzene rings is 1. The van der Waals surface area contributed by atoms with Gasteiger partial charge in [-0.25, -0.2) is 4.79 Å². The normalized spacial score (nSPS) is 23.1. The molecule has 1 saturated carbocycles. The summed E-state index contributed by atoms with van der Waals surface area (Å²) in [6, 6.07) is 7.47. The minimum atomic E-state index is -0.796. The van der Waals surface area contributed by atoms with Crippen molar-refractivity contribution in [3.63, 3.8) is 0 Å². The lowest BCUT2D eigenvalue weighted by molar-refractivity contribution is -0.124. The number of nitrogens with two attached hydrogens (primary N) is 1. The molecule has 1 unspecified atom stereocenters. The van der Waals surface area contributed by atoms with E-state index >= 15 is 0 Å². The Hall–Kier alpha value is -2.08. The Morgan fingerprint density at radius 3 is 2.33 bits per heavy atom. The van der Waals surface area contributed by atoms with Gasteiger partial charge in [0.15, 0.2) is 0 Å². The summed E-state index contributed by atoms with van der Waals surface area (Å²) in [6.07, 6.45) is 2.58. The summed E-state index contributed by atoms with van der Waals surface area (Å²) in [5.41, 5.74) is 5.84. The van der Waals surface area contributed by atoms with E-state index in [1.165, 1.54) is 0 Å². The minimum absolute atomic E-state index is 0.0294. The van der Waals surface area contributed by atoms with Crippen molar-refractivity contribution in [1.29, 1.82) is 0 Å². The number of hydrogen-bond acceptors (Lipinski definition) is 3. The Bertz CT molecular complexity index is 484. The van der Waals surface area contributed by atoms with Crippen molar-refractivity contribution in [2.75, 3.05) is 0 Å². The molecule has 0 heterocycles. The topological polar surface area (TPSA) is 104 Å². The van der Waals surface area contributed by atoms with E-state index in [4.69, 9.17) is 5.73 Å². The lowest BCUT2D eigenvalue weighted by Crippen LogP contribution is -2.46. The summed E-state index contributed by atoms with van der Waals surface area (Å²) in [6.45, 7) is 0. The average Bonchev–Trinajstić information content (AvgIpc) is 2.48. The largest absolute Gasteiger partial charge is 0.393 e. The molecule has 21 heavy (non-hydrogen) atoms. The summed E-state index contributed by atoms with van der Waals surface area (Å²) in [5, 5.41) is 14.9. The predicted molar refractivity (Wildman–Crippen MR) is 78.3 cm³/mol. The molecule has 6 nitrogen and oxygen atoms in total. The Labute approximate surface area is 123 Å². The van der Waals surface area contributed by atoms with Crippen LogP contribution in [-0.4, -0.2) is 29.2 Å². The Morgan fingerprint density at radius 1 is 1.14 bits per heavy atom. The first-order valence-electron chi connectivity index (χ1n) is 7.15. The van der Waals surface area contributed by atoms with E-state index in [0.717, 1.165) is 12.8 Å². The van der Waals surface area contributed by atoms with E-state index in [1.807, 2.05) is 6.07 Å². The second kappa shape index (κ2) is 7.08. The zero-order chi connectivity index (χ0) is 15.2. The van der Waals surface area contributed by atoms with Gasteiger partial charge in [0.1, 0.15) is 6.04 Å². The number of carbonyl (C=O) groups is 2. The number of primary amides is 1. The van der Waals surface area contributed by atoms with Crippen molar-refractivity contribution < 1.29 is 14.7 Å². The van der Waals surface area contributed by atoms with Crippen molar-refractivity contribution in [3.05, 3.63) is 35.9 Å². The number of carbonyl (C=O) groups excluding carboxylic acids is 2. The van der Waals surface area contributed by atoms with Gasteiger partial charge in [0, 0.05) is 6.04 Å². The zero-order valence-corrected chi connectivity index (χ0v) is 11.8. The van der Waals surface area contributed by atoms with Crippen LogP contribution in [0.3, 0.4) is 0 Å². The fraction of sp³-hybridized carbons (Fsp3) is 0.467. The lowest BCUT2D eigenvalue weighted by atomic mass is 9.92. The monoisotopic (exact) mass is 291 g/mol. The SMILES string of the molecule is NC(=O)NC(C(=O)NC1CCC(O)CC1)c1ccccc1. The number of aliphatic hydroxyl groups is 1. The number of aliphatic hydroxyl groups excluding tert-OH is 1. The van der Waals surface area contributed by atoms with Crippen molar-refractivity contribution in [3.8, 4) is 0 Å². The average molecular weight is 291 g/mol. The van der Waals surface area contributed by atoms with Gasteiger partial charge in [0.25, 0.3) is 0 Å². The maximum absolute atomic E-state index is 12.4. The van der Waals surface area contributed by atoms with Gasteiger partial charge in [-0.05, 0) is 31.2 Å². The molecular weight excluding hydrogens is 270 g/mol. The Kier molecular flexibility index (Phi) is 5.16. The highest BCUT2D eigenvalue weighted by atomic mass is 16.3. The summed E-state index contributed by atoms with van der Waals surface area (Å²) in [5.74, 6) is -0.276. The van der Waals surface area contributed by atoms with Gasteiger partial charge in [-0.3, -0.25) is 4.79 Å². The van der Waals surface area contributed by atoms with Crippen molar-refractivity contribution >= 4 is 11.9 Å². The molecule has 0 radical (unpaired) electrons. The molecule has 1 atom stereocenters. The molecule has 1 aromatic rings. The zero-order valence-electron chi connectivity index (χ0n) is 11.8. The van der Waals surface area contributed by atoms with Crippen LogP contribution in [0.15, 0.2) is 30.3 Å². The van der Waals surface area contributed by atoms with Crippen LogP contribution in [0, 0.1) is 0 Å². The maximum Gasteiger partial charge on any atom is 0.313 e. The summed E-state index contributed by atoms with van der Waals surface area (Å²) >= 11 is 0. The standard InChI is InChI=1S/C15H21N3O3/c16-15(21)18-13(10-4-2-1-3-5-10)14(20)17-11-6-8-12(19)9-7-11/h1-5,11-13,19H,6-9H2,(H,17,20)(H3,16,18,21). The molecule has 5 N–H and O–H groups in total. The van der Waals surface area contributed by atoms with Crippen LogP contribution in [0.4, 0.5) is 4.79 Å². The molecule has 3 amide bonds. The Morgan fingerprint density at radius 2 is 1.76 bits per heavy atom. The van der Waals surface area contributed by atoms with E-state index in [1.54, 1.807) is 24.3 Å². The summed E-state index contributed by atoms with van der Waals surface area (Å²) < 4.78 is 0. The molecule has 1 aliphatic rings. The lowest BCUT2D eigenvalue weighted by Gasteiger charge is -2.28. The van der Waals surface area contributed by atoms with E-state index in [9.17, 15) is 14.7 Å². The highest BCUT2D eigenvalue weighted by Crippen LogP contribution is 2.20. The van der Waals surface area contributed by atoms with Crippen LogP contribution < -0.4 is 16.4 Å². The fourth-order valence-electron chi connectivity index (χ4n) is 2.59. The number of rotatable bonds is 4. The van der Waals surface area contributed by atoms with Crippen LogP contribution >= 0.6 is 0 Å². The molecule has 0 spiro atoms. The Balaban J connectivity index is 2.02. The van der Waals surface area contributed by atoms with Crippen LogP contribution in [0.2, 0.25) is 0 Å². The molecule has 6 heteroatoms. The van der Waals surface area contributed by atoms with Gasteiger partial charge in [0.05, 0.1) is 6.10 Å². The van der Waals surface area contributed by atoms with Crippen LogP contribution in [0.25, 0.3) is 0 Å². The van der Waals surface area contributed by atoms with E-state index in [0.29, 0.717) is 18.4 Å². The molecule has 1 fully saturated rings. The quantitative estimate of drug-likeness (QED) is 0.660. The second-order valence-electron chi connectivity index (χ2n) is 5.37. The van der Waals surface area contributed by atoms with Crippen molar-refractivity contribution in [1.82, 2.24) is 10.6 Å². The van der Waals surface area contributed by atoms with Gasteiger partial charge in [-0.15, -0.1) is 0 Å². The molecule has 2 rings (SSSR count). The van der Waals surface area contributed by atoms with E-state index in [2.05, 4.69) is 10.6 Å². The molecule has 0 aliphatic heterocycles. The molecule has 0 bridgehead atoms. The van der Waals surface area contributed by atoms with Crippen molar-refractivity contribution in [2.24, 2.45) is 5.73 Å². The fourth-order valence-corrected chi connectivity index (χ4v) is 2.59. The van der Waals surface area contributed by atoms with Crippen molar-refractivity contribution in [2.45, 2.75) is 43.9 Å². The third-order valence-electron chi connectivity index (χ3n) is 3.72. The predicted octanol–water partition coefficient (Wildman–Crippen LogP) is 0.816. The van der Waals surface area contributed by atoms with E-state index < -0.39 is 12.1 Å². The molecule has 1 aliphatic carbocycles. The molecule has 114 valence electrons. The number of hydrogen-bond donors (Lipinski definition) is 4. The molecule has 0 aromatic heterocycles. The first-order chi connectivity index (χ1) is 10.1. The number of amides is 3. The summed E-state index contributed by atoms with van der Waals surface area (Å²) in [4.78, 5) is 23.5. The molecular formula is C15H21N3O3. The first-order valence-corrected chi connectivity index (χ1v) is 7.15. The third kappa shape index (κ3) is 4.46. The van der Waals surface area contributed by atoms with Gasteiger partial charge < -0.3 is 21.5 Å². The minimum Gasteiger partial charge on any atom is -0.393 e. The third-order valence-corrected chi connectivity index (χ3v) is 3.72. The molecule has 0 saturated heterocycles. The van der Waals surface area contributed by atoms with Gasteiger partial charge in [0.2, 0.25) is 5.91 Å². The van der Waals surface area contributed by atoms with Gasteiger partial charge >= 0.3 is 6.03 Å². The number of urea groups is 1. The van der Waals surface area contributed by atoms with Crippen LogP contribution in [-0.2, 0) is 4.79 Å². The first kappa shape index (κ1) is 15.3.